The summed E-state index contributed by atoms with van der Waals surface area (Å²) >= 11 is 0. The zero-order chi connectivity index (χ0) is 22.7. The molecule has 2 aliphatic rings. The van der Waals surface area contributed by atoms with Crippen LogP contribution in [0.1, 0.15) is 35.6 Å². The predicted octanol–water partition coefficient (Wildman–Crippen LogP) is 0.173. The van der Waals surface area contributed by atoms with Crippen molar-refractivity contribution in [1.29, 1.82) is 0 Å². The van der Waals surface area contributed by atoms with Gasteiger partial charge in [-0.15, -0.1) is 0 Å². The van der Waals surface area contributed by atoms with Crippen molar-refractivity contribution in [2.24, 2.45) is 11.8 Å². The highest BCUT2D eigenvalue weighted by Gasteiger charge is 2.41. The number of hydrogen-bond acceptors (Lipinski definition) is 5. The largest absolute Gasteiger partial charge is 0.508 e. The molecule has 0 radical (unpaired) electrons. The number of phenols is 1. The Labute approximate surface area is 186 Å². The molecule has 0 bridgehead atoms. The number of nitrogens with one attached hydrogen (secondary N) is 2. The molecule has 8 nitrogen and oxygen atoms in total. The highest BCUT2D eigenvalue weighted by molar-refractivity contribution is 5.89. The Morgan fingerprint density at radius 1 is 1.09 bits per heavy atom. The van der Waals surface area contributed by atoms with E-state index >= 15 is 0 Å². The molecule has 2 amide bonds. The summed E-state index contributed by atoms with van der Waals surface area (Å²) in [5.41, 5.74) is 4.27. The van der Waals surface area contributed by atoms with E-state index in [9.17, 15) is 25.0 Å². The van der Waals surface area contributed by atoms with E-state index < -0.39 is 30.0 Å². The molecule has 8 heteroatoms. The number of benzene rings is 2. The van der Waals surface area contributed by atoms with Crippen molar-refractivity contribution in [3.8, 4) is 5.75 Å². The van der Waals surface area contributed by atoms with Crippen LogP contribution >= 0.6 is 0 Å². The number of hydrogen-bond donors (Lipinski definition) is 6. The molecule has 7 N–H and O–H groups in total. The van der Waals surface area contributed by atoms with Crippen molar-refractivity contribution < 1.29 is 30.3 Å². The number of amides is 2. The van der Waals surface area contributed by atoms with Gasteiger partial charge in [0.25, 0.3) is 0 Å². The fourth-order valence-corrected chi connectivity index (χ4v) is 4.55. The molecule has 0 unspecified atom stereocenters. The van der Waals surface area contributed by atoms with Crippen molar-refractivity contribution in [2.75, 3.05) is 6.54 Å². The maximum Gasteiger partial charge on any atom is 0.302 e. The first kappa shape index (κ1) is 22.3. The van der Waals surface area contributed by atoms with E-state index in [-0.39, 0.29) is 18.1 Å². The van der Waals surface area contributed by atoms with Gasteiger partial charge in [0.05, 0.1) is 18.7 Å². The molecular weight excluding hydrogens is 410 g/mol. The second-order valence-electron chi connectivity index (χ2n) is 8.85. The molecule has 0 saturated heterocycles. The van der Waals surface area contributed by atoms with E-state index in [4.69, 9.17) is 0 Å². The Morgan fingerprint density at radius 2 is 1.88 bits per heavy atom. The van der Waals surface area contributed by atoms with Crippen molar-refractivity contribution in [3.05, 3.63) is 65.2 Å². The molecule has 1 fully saturated rings. The molecule has 0 aliphatic heterocycles. The van der Waals surface area contributed by atoms with Crippen LogP contribution < -0.4 is 16.1 Å². The second-order valence-corrected chi connectivity index (χ2v) is 8.85. The molecule has 0 aromatic heterocycles. The van der Waals surface area contributed by atoms with Crippen LogP contribution in [-0.2, 0) is 22.4 Å². The van der Waals surface area contributed by atoms with Gasteiger partial charge in [0.1, 0.15) is 11.7 Å². The van der Waals surface area contributed by atoms with E-state index in [2.05, 4.69) is 5.32 Å². The van der Waals surface area contributed by atoms with Crippen LogP contribution in [0.15, 0.2) is 48.5 Å². The summed E-state index contributed by atoms with van der Waals surface area (Å²) in [5.74, 6) is -1.25. The summed E-state index contributed by atoms with van der Waals surface area (Å²) in [5, 5.41) is 34.5. The van der Waals surface area contributed by atoms with Gasteiger partial charge >= 0.3 is 5.91 Å². The number of rotatable bonds is 9. The van der Waals surface area contributed by atoms with Crippen LogP contribution in [0.5, 0.6) is 5.75 Å². The molecule has 32 heavy (non-hydrogen) atoms. The summed E-state index contributed by atoms with van der Waals surface area (Å²) in [7, 11) is 0. The van der Waals surface area contributed by atoms with Gasteiger partial charge < -0.3 is 20.8 Å². The number of carbonyl (C=O) groups excluding carboxylic acids is 2. The smallest absolute Gasteiger partial charge is 0.302 e. The molecule has 0 spiro atoms. The standard InChI is InChI=1S/C24H29N3O5/c28-17-6-3-4-15(10-17)11-19(22(24(31)27-32)25-13-14-8-9-14)23(30)26-21-18-7-2-1-5-16(18)12-20(21)29/h1-7,10,14,19-22,25,28-29,32H,8-9,11-13H2,(H,26,30)(H,27,31)/p+1/t19-,20-,21+,22+/m1/s1. The minimum atomic E-state index is -0.850. The van der Waals surface area contributed by atoms with Gasteiger partial charge in [0.15, 0.2) is 6.04 Å². The van der Waals surface area contributed by atoms with Gasteiger partial charge in [-0.3, -0.25) is 14.8 Å². The summed E-state index contributed by atoms with van der Waals surface area (Å²) in [4.78, 5) is 26.1. The van der Waals surface area contributed by atoms with E-state index in [1.54, 1.807) is 29.7 Å². The molecule has 4 rings (SSSR count). The summed E-state index contributed by atoms with van der Waals surface area (Å²) in [6.45, 7) is 0.691. The van der Waals surface area contributed by atoms with Crippen molar-refractivity contribution >= 4 is 11.8 Å². The van der Waals surface area contributed by atoms with Crippen LogP contribution in [0.4, 0.5) is 0 Å². The predicted molar refractivity (Wildman–Crippen MR) is 116 cm³/mol. The Hall–Kier alpha value is -2.94. The van der Waals surface area contributed by atoms with Crippen molar-refractivity contribution in [2.45, 2.75) is 43.9 Å². The molecule has 0 heterocycles. The highest BCUT2D eigenvalue weighted by atomic mass is 16.5. The first-order valence-electron chi connectivity index (χ1n) is 11.1. The van der Waals surface area contributed by atoms with E-state index in [1.165, 1.54) is 0 Å². The van der Waals surface area contributed by atoms with Crippen LogP contribution in [0.2, 0.25) is 0 Å². The molecule has 2 aliphatic carbocycles. The van der Waals surface area contributed by atoms with Gasteiger partial charge in [-0.25, -0.2) is 5.48 Å². The number of fused-ring (bicyclic) bond motifs is 1. The normalized spacial score (nSPS) is 21.4. The third kappa shape index (κ3) is 5.09. The van der Waals surface area contributed by atoms with Crippen LogP contribution in [-0.4, -0.2) is 45.9 Å². The highest BCUT2D eigenvalue weighted by Crippen LogP contribution is 2.32. The first-order chi connectivity index (χ1) is 15.5. The lowest BCUT2D eigenvalue weighted by Crippen LogP contribution is -2.95. The number of nitrogens with two attached hydrogens (primary N) is 1. The van der Waals surface area contributed by atoms with Gasteiger partial charge in [0, 0.05) is 12.3 Å². The van der Waals surface area contributed by atoms with Gasteiger partial charge in [-0.2, -0.15) is 0 Å². The summed E-state index contributed by atoms with van der Waals surface area (Å²) < 4.78 is 0. The summed E-state index contributed by atoms with van der Waals surface area (Å²) in [6.07, 6.45) is 2.09. The Kier molecular flexibility index (Phi) is 6.74. The van der Waals surface area contributed by atoms with E-state index in [1.807, 2.05) is 29.6 Å². The average Bonchev–Trinajstić information content (AvgIpc) is 3.56. The number of phenolic OH excluding ortho intramolecular Hbond substituents is 1. The Morgan fingerprint density at radius 3 is 2.59 bits per heavy atom. The molecule has 2 aromatic carbocycles. The molecular formula is C24H30N3O5+. The monoisotopic (exact) mass is 440 g/mol. The van der Waals surface area contributed by atoms with Gasteiger partial charge in [-0.1, -0.05) is 36.4 Å². The number of quaternary nitrogens is 1. The van der Waals surface area contributed by atoms with Crippen molar-refractivity contribution in [3.63, 3.8) is 0 Å². The number of aromatic hydroxyl groups is 1. The van der Waals surface area contributed by atoms with E-state index in [0.29, 0.717) is 24.4 Å². The van der Waals surface area contributed by atoms with Crippen LogP contribution in [0.25, 0.3) is 0 Å². The zero-order valence-electron chi connectivity index (χ0n) is 17.8. The van der Waals surface area contributed by atoms with Crippen LogP contribution in [0.3, 0.4) is 0 Å². The lowest BCUT2D eigenvalue weighted by atomic mass is 9.89. The topological polar surface area (TPSA) is 136 Å². The maximum atomic E-state index is 13.5. The van der Waals surface area contributed by atoms with Gasteiger partial charge in [-0.05, 0) is 48.1 Å². The average molecular weight is 441 g/mol. The molecule has 170 valence electrons. The second kappa shape index (κ2) is 9.68. The van der Waals surface area contributed by atoms with Crippen molar-refractivity contribution in [1.82, 2.24) is 10.8 Å². The number of hydroxylamine groups is 1. The molecule has 1 saturated carbocycles. The minimum Gasteiger partial charge on any atom is -0.508 e. The van der Waals surface area contributed by atoms with Gasteiger partial charge in [0.2, 0.25) is 5.91 Å². The molecule has 4 atom stereocenters. The SMILES string of the molecule is O=C(NO)[C@@H]([NH2+]CC1CC1)[C@@H](Cc1cccc(O)c1)C(=O)N[C@H]1c2ccccc2C[C@H]1O. The minimum absolute atomic E-state index is 0.0759. The zero-order valence-corrected chi connectivity index (χ0v) is 17.8. The number of aliphatic hydroxyl groups excluding tert-OH is 1. The summed E-state index contributed by atoms with van der Waals surface area (Å²) in [6, 6.07) is 12.7. The number of aliphatic hydroxyl groups is 1. The number of carbonyl (C=O) groups is 2. The van der Waals surface area contributed by atoms with Crippen LogP contribution in [0, 0.1) is 11.8 Å². The fraction of sp³-hybridized carbons (Fsp3) is 0.417. The molecule has 2 aromatic rings. The quantitative estimate of drug-likeness (QED) is 0.244. The third-order valence-corrected chi connectivity index (χ3v) is 6.47. The third-order valence-electron chi connectivity index (χ3n) is 6.47. The lowest BCUT2D eigenvalue weighted by molar-refractivity contribution is -0.684. The first-order valence-corrected chi connectivity index (χ1v) is 11.1. The van der Waals surface area contributed by atoms with E-state index in [0.717, 1.165) is 24.0 Å². The fourth-order valence-electron chi connectivity index (χ4n) is 4.55. The Bertz CT molecular complexity index is 978. The maximum absolute atomic E-state index is 13.5. The Balaban J connectivity index is 1.59. The lowest BCUT2D eigenvalue weighted by Gasteiger charge is -2.26.